The Morgan fingerprint density at radius 3 is 2.24 bits per heavy atom. The standard InChI is InChI=1S/C35H35Br2N3O6/c1-43-30-17-10-26(31(20-30)44-2)22-38-40-34(42)35(21-23-4-11-27(36)12-5-23)32(24-6-13-28(37)14-7-24)46-33(39-35)25-8-15-29(16-9-25)45-19-3-18-41/h4-17,20,32,38,41H,3,18-19,21-22H2,1-2H3,(H,40,42)/t32-,35-/m0/s1. The zero-order valence-corrected chi connectivity index (χ0v) is 28.6. The van der Waals surface area contributed by atoms with E-state index in [1.165, 1.54) is 0 Å². The zero-order valence-electron chi connectivity index (χ0n) is 25.5. The highest BCUT2D eigenvalue weighted by atomic mass is 79.9. The molecule has 3 N–H and O–H groups in total. The van der Waals surface area contributed by atoms with Gasteiger partial charge >= 0.3 is 0 Å². The smallest absolute Gasteiger partial charge is 0.266 e. The fraction of sp³-hybridized carbons (Fsp3) is 0.257. The van der Waals surface area contributed by atoms with Crippen LogP contribution in [0.1, 0.15) is 34.8 Å². The highest BCUT2D eigenvalue weighted by molar-refractivity contribution is 9.10. The molecule has 240 valence electrons. The second-order valence-corrected chi connectivity index (χ2v) is 12.5. The first-order valence-corrected chi connectivity index (χ1v) is 16.3. The molecular weight excluding hydrogens is 718 g/mol. The maximum Gasteiger partial charge on any atom is 0.266 e. The van der Waals surface area contributed by atoms with Crippen LogP contribution in [-0.2, 0) is 22.5 Å². The number of nitrogens with one attached hydrogen (secondary N) is 2. The van der Waals surface area contributed by atoms with Gasteiger partial charge in [-0.15, -0.1) is 0 Å². The highest BCUT2D eigenvalue weighted by Gasteiger charge is 2.53. The Kier molecular flexibility index (Phi) is 11.3. The molecule has 4 aromatic rings. The lowest BCUT2D eigenvalue weighted by molar-refractivity contribution is -0.130. The van der Waals surface area contributed by atoms with Crippen LogP contribution in [0.3, 0.4) is 0 Å². The molecule has 0 saturated carbocycles. The third kappa shape index (κ3) is 7.90. The highest BCUT2D eigenvalue weighted by Crippen LogP contribution is 2.43. The van der Waals surface area contributed by atoms with E-state index in [9.17, 15) is 4.79 Å². The first-order chi connectivity index (χ1) is 22.3. The SMILES string of the molecule is COc1ccc(CNNC(=O)[C@@]2(Cc3ccc(Br)cc3)N=C(c3ccc(OCCCO)cc3)O[C@H]2c2ccc(Br)cc2)c(OC)c1. The van der Waals surface area contributed by atoms with Crippen LogP contribution in [0.4, 0.5) is 0 Å². The molecule has 1 aliphatic rings. The molecule has 11 heteroatoms. The second-order valence-electron chi connectivity index (χ2n) is 10.6. The van der Waals surface area contributed by atoms with Crippen molar-refractivity contribution in [1.29, 1.82) is 0 Å². The van der Waals surface area contributed by atoms with Crippen molar-refractivity contribution in [2.45, 2.75) is 31.0 Å². The molecule has 5 rings (SSSR count). The molecule has 2 atom stereocenters. The Morgan fingerprint density at radius 2 is 1.59 bits per heavy atom. The second kappa shape index (κ2) is 15.6. The van der Waals surface area contributed by atoms with Gasteiger partial charge in [-0.1, -0.05) is 62.2 Å². The minimum absolute atomic E-state index is 0.0607. The molecular formula is C35H35Br2N3O6. The first kappa shape index (κ1) is 33.5. The molecule has 0 spiro atoms. The minimum atomic E-state index is -1.37. The molecule has 46 heavy (non-hydrogen) atoms. The van der Waals surface area contributed by atoms with E-state index in [4.69, 9.17) is 29.0 Å². The Balaban J connectivity index is 1.50. The van der Waals surface area contributed by atoms with E-state index in [0.717, 1.165) is 25.6 Å². The van der Waals surface area contributed by atoms with Crippen LogP contribution in [-0.4, -0.2) is 49.9 Å². The van der Waals surface area contributed by atoms with Crippen LogP contribution in [0, 0.1) is 0 Å². The molecule has 0 aliphatic carbocycles. The van der Waals surface area contributed by atoms with Crippen molar-refractivity contribution in [2.75, 3.05) is 27.4 Å². The summed E-state index contributed by atoms with van der Waals surface area (Å²) >= 11 is 7.03. The molecule has 1 amide bonds. The van der Waals surface area contributed by atoms with Gasteiger partial charge in [0.15, 0.2) is 11.6 Å². The van der Waals surface area contributed by atoms with Crippen molar-refractivity contribution < 1.29 is 28.8 Å². The van der Waals surface area contributed by atoms with Gasteiger partial charge < -0.3 is 24.1 Å². The summed E-state index contributed by atoms with van der Waals surface area (Å²) in [7, 11) is 3.19. The van der Waals surface area contributed by atoms with Crippen LogP contribution in [0.25, 0.3) is 0 Å². The largest absolute Gasteiger partial charge is 0.497 e. The Hall–Kier alpha value is -3.90. The summed E-state index contributed by atoms with van der Waals surface area (Å²) < 4.78 is 25.0. The van der Waals surface area contributed by atoms with Gasteiger partial charge in [-0.3, -0.25) is 10.2 Å². The number of methoxy groups -OCH3 is 2. The van der Waals surface area contributed by atoms with Crippen molar-refractivity contribution in [3.05, 3.63) is 122 Å². The molecule has 0 aromatic heterocycles. The van der Waals surface area contributed by atoms with Crippen molar-refractivity contribution in [3.8, 4) is 17.2 Å². The summed E-state index contributed by atoms with van der Waals surface area (Å²) in [6.07, 6.45) is 0.0723. The number of ether oxygens (including phenoxy) is 4. The molecule has 9 nitrogen and oxygen atoms in total. The van der Waals surface area contributed by atoms with Gasteiger partial charge in [-0.25, -0.2) is 10.4 Å². The van der Waals surface area contributed by atoms with Gasteiger partial charge in [-0.2, -0.15) is 0 Å². The van der Waals surface area contributed by atoms with E-state index in [1.54, 1.807) is 20.3 Å². The first-order valence-electron chi connectivity index (χ1n) is 14.7. The number of hydrogen-bond donors (Lipinski definition) is 3. The maximum atomic E-state index is 14.4. The van der Waals surface area contributed by atoms with Crippen LogP contribution in [0.15, 0.2) is 105 Å². The van der Waals surface area contributed by atoms with Gasteiger partial charge in [0.25, 0.3) is 5.91 Å². The quantitative estimate of drug-likeness (QED) is 0.102. The maximum absolute atomic E-state index is 14.4. The molecule has 1 heterocycles. The summed E-state index contributed by atoms with van der Waals surface area (Å²) in [6, 6.07) is 28.4. The lowest BCUT2D eigenvalue weighted by atomic mass is 9.82. The summed E-state index contributed by atoms with van der Waals surface area (Å²) in [6.45, 7) is 0.765. The Morgan fingerprint density at radius 1 is 0.913 bits per heavy atom. The summed E-state index contributed by atoms with van der Waals surface area (Å²) in [4.78, 5) is 19.5. The van der Waals surface area contributed by atoms with Crippen LogP contribution in [0.2, 0.25) is 0 Å². The van der Waals surface area contributed by atoms with E-state index in [-0.39, 0.29) is 18.9 Å². The number of carbonyl (C=O) groups excluding carboxylic acids is 1. The normalized spacial score (nSPS) is 17.2. The number of halogens is 2. The van der Waals surface area contributed by atoms with Gasteiger partial charge in [-0.05, 0) is 65.7 Å². The van der Waals surface area contributed by atoms with Crippen molar-refractivity contribution >= 4 is 43.7 Å². The average molecular weight is 753 g/mol. The predicted molar refractivity (Wildman–Crippen MR) is 183 cm³/mol. The van der Waals surface area contributed by atoms with Gasteiger partial charge in [0.05, 0.1) is 20.8 Å². The number of benzene rings is 4. The fourth-order valence-electron chi connectivity index (χ4n) is 5.16. The zero-order chi connectivity index (χ0) is 32.5. The average Bonchev–Trinajstić information content (AvgIpc) is 3.47. The van der Waals surface area contributed by atoms with Crippen LogP contribution >= 0.6 is 31.9 Å². The molecule has 0 fully saturated rings. The summed E-state index contributed by atoms with van der Waals surface area (Å²) in [5.41, 5.74) is 7.90. The minimum Gasteiger partial charge on any atom is -0.497 e. The van der Waals surface area contributed by atoms with E-state index in [0.29, 0.717) is 48.3 Å². The lowest BCUT2D eigenvalue weighted by Gasteiger charge is -2.31. The topological polar surface area (TPSA) is 111 Å². The van der Waals surface area contributed by atoms with Crippen molar-refractivity contribution in [2.24, 2.45) is 4.99 Å². The van der Waals surface area contributed by atoms with E-state index >= 15 is 0 Å². The van der Waals surface area contributed by atoms with Crippen LogP contribution < -0.4 is 25.1 Å². The molecule has 0 saturated heterocycles. The van der Waals surface area contributed by atoms with E-state index in [2.05, 4.69) is 42.7 Å². The number of aliphatic hydroxyl groups is 1. The summed E-state index contributed by atoms with van der Waals surface area (Å²) in [5.74, 6) is 1.96. The number of rotatable bonds is 14. The van der Waals surface area contributed by atoms with Crippen molar-refractivity contribution in [1.82, 2.24) is 10.9 Å². The molecule has 4 aromatic carbocycles. The number of hydrazine groups is 1. The van der Waals surface area contributed by atoms with E-state index < -0.39 is 11.6 Å². The number of nitrogens with zero attached hydrogens (tertiary/aromatic N) is 1. The molecule has 0 radical (unpaired) electrons. The number of carbonyl (C=O) groups is 1. The van der Waals surface area contributed by atoms with Crippen molar-refractivity contribution in [3.63, 3.8) is 0 Å². The van der Waals surface area contributed by atoms with Crippen LogP contribution in [0.5, 0.6) is 17.2 Å². The molecule has 0 bridgehead atoms. The number of aliphatic hydroxyl groups excluding tert-OH is 1. The molecule has 1 aliphatic heterocycles. The monoisotopic (exact) mass is 751 g/mol. The van der Waals surface area contributed by atoms with Gasteiger partial charge in [0.2, 0.25) is 5.90 Å². The summed E-state index contributed by atoms with van der Waals surface area (Å²) in [5, 5.41) is 9.07. The third-order valence-electron chi connectivity index (χ3n) is 7.56. The Labute approximate surface area is 285 Å². The van der Waals surface area contributed by atoms with Gasteiger partial charge in [0.1, 0.15) is 17.2 Å². The molecule has 0 unspecified atom stereocenters. The fourth-order valence-corrected chi connectivity index (χ4v) is 5.69. The number of hydrogen-bond acceptors (Lipinski definition) is 8. The van der Waals surface area contributed by atoms with Gasteiger partial charge in [0, 0.05) is 52.1 Å². The third-order valence-corrected chi connectivity index (χ3v) is 8.62. The lowest BCUT2D eigenvalue weighted by Crippen LogP contribution is -2.53. The number of aliphatic imine (C=N–C) groups is 1. The predicted octanol–water partition coefficient (Wildman–Crippen LogP) is 6.31. The number of amides is 1. The Bertz CT molecular complexity index is 1650. The van der Waals surface area contributed by atoms with E-state index in [1.807, 2.05) is 84.9 Å².